The highest BCUT2D eigenvalue weighted by molar-refractivity contribution is 5.25. The van der Waals surface area contributed by atoms with E-state index >= 15 is 0 Å². The molecule has 0 aliphatic heterocycles. The third-order valence-electron chi connectivity index (χ3n) is 3.15. The third-order valence-corrected chi connectivity index (χ3v) is 3.15. The Balaban J connectivity index is 2.04. The van der Waals surface area contributed by atoms with Crippen molar-refractivity contribution in [3.8, 4) is 0 Å². The van der Waals surface area contributed by atoms with Gasteiger partial charge < -0.3 is 5.32 Å². The second-order valence-electron chi connectivity index (χ2n) is 4.75. The van der Waals surface area contributed by atoms with E-state index in [4.69, 9.17) is 0 Å². The number of benzene rings is 2. The largest absolute Gasteiger partial charge is 0.306 e. The van der Waals surface area contributed by atoms with E-state index in [-0.39, 0.29) is 17.7 Å². The Bertz CT molecular complexity index is 566. The summed E-state index contributed by atoms with van der Waals surface area (Å²) < 4.78 is 26.7. The summed E-state index contributed by atoms with van der Waals surface area (Å²) in [4.78, 5) is 0. The van der Waals surface area contributed by atoms with Crippen LogP contribution in [-0.4, -0.2) is 0 Å². The molecule has 0 saturated carbocycles. The average molecular weight is 261 g/mol. The monoisotopic (exact) mass is 261 g/mol. The number of halogens is 2. The van der Waals surface area contributed by atoms with Gasteiger partial charge >= 0.3 is 0 Å². The third kappa shape index (κ3) is 3.61. The molecule has 2 aromatic carbocycles. The number of nitrogens with one attached hydrogen (secondary N) is 1. The summed E-state index contributed by atoms with van der Waals surface area (Å²) in [5.41, 5.74) is 2.51. The van der Waals surface area contributed by atoms with Crippen molar-refractivity contribution in [2.75, 3.05) is 0 Å². The maximum absolute atomic E-state index is 13.6. The quantitative estimate of drug-likeness (QED) is 0.872. The van der Waals surface area contributed by atoms with Crippen molar-refractivity contribution in [3.63, 3.8) is 0 Å². The van der Waals surface area contributed by atoms with Crippen molar-refractivity contribution < 1.29 is 8.78 Å². The van der Waals surface area contributed by atoms with Gasteiger partial charge in [0, 0.05) is 18.2 Å². The van der Waals surface area contributed by atoms with E-state index in [0.29, 0.717) is 12.1 Å². The second-order valence-corrected chi connectivity index (χ2v) is 4.75. The summed E-state index contributed by atoms with van der Waals surface area (Å²) in [5.74, 6) is -0.475. The fraction of sp³-hybridized carbons (Fsp3) is 0.250. The van der Waals surface area contributed by atoms with Crippen molar-refractivity contribution in [2.45, 2.75) is 26.4 Å². The van der Waals surface area contributed by atoms with Crippen LogP contribution in [0.25, 0.3) is 0 Å². The lowest BCUT2D eigenvalue weighted by molar-refractivity contribution is 0.539. The van der Waals surface area contributed by atoms with Crippen molar-refractivity contribution in [1.82, 2.24) is 5.32 Å². The van der Waals surface area contributed by atoms with Crippen LogP contribution < -0.4 is 5.32 Å². The minimum atomic E-state index is -0.257. The first kappa shape index (κ1) is 13.7. The van der Waals surface area contributed by atoms with Crippen molar-refractivity contribution in [3.05, 3.63) is 70.8 Å². The van der Waals surface area contributed by atoms with Crippen LogP contribution in [0.1, 0.15) is 29.7 Å². The Morgan fingerprint density at radius 3 is 2.63 bits per heavy atom. The van der Waals surface area contributed by atoms with Gasteiger partial charge in [-0.15, -0.1) is 0 Å². The fourth-order valence-electron chi connectivity index (χ4n) is 2.00. The molecular formula is C16H17F2N. The topological polar surface area (TPSA) is 12.0 Å². The predicted molar refractivity (Wildman–Crippen MR) is 72.8 cm³/mol. The number of aryl methyl sites for hydroxylation is 1. The van der Waals surface area contributed by atoms with E-state index in [1.165, 1.54) is 18.2 Å². The molecule has 0 aromatic heterocycles. The minimum Gasteiger partial charge on any atom is -0.306 e. The molecule has 2 aromatic rings. The first-order chi connectivity index (χ1) is 9.06. The molecule has 0 heterocycles. The summed E-state index contributed by atoms with van der Waals surface area (Å²) >= 11 is 0. The Kier molecular flexibility index (Phi) is 4.27. The summed E-state index contributed by atoms with van der Waals surface area (Å²) in [6, 6.07) is 11.4. The number of hydrogen-bond donors (Lipinski definition) is 1. The molecule has 2 rings (SSSR count). The van der Waals surface area contributed by atoms with Crippen LogP contribution in [0.3, 0.4) is 0 Å². The highest BCUT2D eigenvalue weighted by atomic mass is 19.1. The van der Waals surface area contributed by atoms with Crippen molar-refractivity contribution in [2.24, 2.45) is 0 Å². The van der Waals surface area contributed by atoms with Crippen molar-refractivity contribution in [1.29, 1.82) is 0 Å². The molecule has 1 atom stereocenters. The van der Waals surface area contributed by atoms with Gasteiger partial charge in [-0.2, -0.15) is 0 Å². The Morgan fingerprint density at radius 1 is 1.11 bits per heavy atom. The molecule has 0 spiro atoms. The smallest absolute Gasteiger partial charge is 0.127 e. The molecule has 1 nitrogen and oxygen atoms in total. The highest BCUT2D eigenvalue weighted by Gasteiger charge is 2.08. The molecule has 0 aliphatic rings. The van der Waals surface area contributed by atoms with Crippen LogP contribution in [0.5, 0.6) is 0 Å². The van der Waals surface area contributed by atoms with Gasteiger partial charge in [0.25, 0.3) is 0 Å². The Morgan fingerprint density at radius 2 is 1.89 bits per heavy atom. The molecule has 0 aliphatic carbocycles. The van der Waals surface area contributed by atoms with Gasteiger partial charge in [-0.05, 0) is 37.6 Å². The number of rotatable bonds is 4. The molecule has 100 valence electrons. The van der Waals surface area contributed by atoms with Crippen molar-refractivity contribution >= 4 is 0 Å². The van der Waals surface area contributed by atoms with Crippen LogP contribution in [0.15, 0.2) is 42.5 Å². The van der Waals surface area contributed by atoms with E-state index in [1.807, 2.05) is 26.0 Å². The van der Waals surface area contributed by atoms with Crippen LogP contribution in [0.2, 0.25) is 0 Å². The van der Waals surface area contributed by atoms with Gasteiger partial charge in [0.2, 0.25) is 0 Å². The van der Waals surface area contributed by atoms with Crippen LogP contribution in [-0.2, 0) is 6.54 Å². The molecule has 1 N–H and O–H groups in total. The van der Waals surface area contributed by atoms with E-state index in [0.717, 1.165) is 11.1 Å². The zero-order valence-corrected chi connectivity index (χ0v) is 11.1. The first-order valence-electron chi connectivity index (χ1n) is 6.30. The minimum absolute atomic E-state index is 0.0318. The zero-order valence-electron chi connectivity index (χ0n) is 11.1. The van der Waals surface area contributed by atoms with Crippen LogP contribution >= 0.6 is 0 Å². The zero-order chi connectivity index (χ0) is 13.8. The fourth-order valence-corrected chi connectivity index (χ4v) is 2.00. The molecular weight excluding hydrogens is 244 g/mol. The molecule has 0 bridgehead atoms. The summed E-state index contributed by atoms with van der Waals surface area (Å²) in [6.45, 7) is 4.28. The molecule has 0 fully saturated rings. The average Bonchev–Trinajstić information content (AvgIpc) is 2.39. The lowest BCUT2D eigenvalue weighted by atomic mass is 10.1. The van der Waals surface area contributed by atoms with Crippen LogP contribution in [0, 0.1) is 18.6 Å². The Labute approximate surface area is 112 Å². The lowest BCUT2D eigenvalue weighted by Crippen LogP contribution is -2.19. The molecule has 0 radical (unpaired) electrons. The summed E-state index contributed by atoms with van der Waals surface area (Å²) in [7, 11) is 0. The second kappa shape index (κ2) is 5.93. The van der Waals surface area contributed by atoms with E-state index < -0.39 is 0 Å². The van der Waals surface area contributed by atoms with Gasteiger partial charge in [-0.25, -0.2) is 8.78 Å². The maximum Gasteiger partial charge on any atom is 0.127 e. The Hall–Kier alpha value is -1.74. The molecule has 0 amide bonds. The first-order valence-corrected chi connectivity index (χ1v) is 6.30. The van der Waals surface area contributed by atoms with Gasteiger partial charge in [0.1, 0.15) is 11.6 Å². The van der Waals surface area contributed by atoms with E-state index in [2.05, 4.69) is 5.32 Å². The molecule has 3 heteroatoms. The summed E-state index contributed by atoms with van der Waals surface area (Å²) in [6.07, 6.45) is 0. The molecule has 0 unspecified atom stereocenters. The number of hydrogen-bond acceptors (Lipinski definition) is 1. The van der Waals surface area contributed by atoms with E-state index in [9.17, 15) is 8.78 Å². The van der Waals surface area contributed by atoms with Gasteiger partial charge in [-0.1, -0.05) is 29.8 Å². The molecule has 19 heavy (non-hydrogen) atoms. The van der Waals surface area contributed by atoms with Crippen LogP contribution in [0.4, 0.5) is 8.78 Å². The van der Waals surface area contributed by atoms with Gasteiger partial charge in [-0.3, -0.25) is 0 Å². The van der Waals surface area contributed by atoms with Gasteiger partial charge in [0.15, 0.2) is 0 Å². The lowest BCUT2D eigenvalue weighted by Gasteiger charge is -2.15. The van der Waals surface area contributed by atoms with E-state index in [1.54, 1.807) is 12.1 Å². The molecule has 0 saturated heterocycles. The highest BCUT2D eigenvalue weighted by Crippen LogP contribution is 2.16. The standard InChI is InChI=1S/C16H17F2N/c1-11-6-7-16(18)14(8-11)10-19-12(2)13-4-3-5-15(17)9-13/h3-9,12,19H,10H2,1-2H3/t12-/m1/s1. The SMILES string of the molecule is Cc1ccc(F)c(CN[C@H](C)c2cccc(F)c2)c1. The van der Waals surface area contributed by atoms with Gasteiger partial charge in [0.05, 0.1) is 0 Å². The normalized spacial score (nSPS) is 12.4. The maximum atomic E-state index is 13.6. The summed E-state index contributed by atoms with van der Waals surface area (Å²) in [5, 5.41) is 3.20. The predicted octanol–water partition coefficient (Wildman–Crippen LogP) is 4.12.